The van der Waals surface area contributed by atoms with E-state index >= 15 is 0 Å². The van der Waals surface area contributed by atoms with Gasteiger partial charge in [0.2, 0.25) is 0 Å². The van der Waals surface area contributed by atoms with Crippen molar-refractivity contribution in [2.24, 2.45) is 28.6 Å². The number of carbonyl (C=O) groups is 2. The fraction of sp³-hybridized carbons (Fsp3) is 0.714. The number of epoxide rings is 1. The molecule has 4 nitrogen and oxygen atoms in total. The summed E-state index contributed by atoms with van der Waals surface area (Å²) in [5.74, 6) is 1.09. The lowest BCUT2D eigenvalue weighted by Gasteiger charge is -2.59. The molecule has 1 heterocycles. The number of aliphatic hydroxyl groups excluding tert-OH is 1. The third-order valence-electron chi connectivity index (χ3n) is 8.45. The van der Waals surface area contributed by atoms with E-state index in [-0.39, 0.29) is 34.4 Å². The van der Waals surface area contributed by atoms with E-state index in [0.29, 0.717) is 18.3 Å². The maximum atomic E-state index is 12.4. The van der Waals surface area contributed by atoms with E-state index in [4.69, 9.17) is 4.74 Å². The highest BCUT2D eigenvalue weighted by atomic mass is 16.6. The molecule has 0 spiro atoms. The van der Waals surface area contributed by atoms with Gasteiger partial charge in [-0.25, -0.2) is 0 Å². The van der Waals surface area contributed by atoms with Gasteiger partial charge in [0.25, 0.3) is 0 Å². The summed E-state index contributed by atoms with van der Waals surface area (Å²) in [6, 6.07) is 0. The molecule has 25 heavy (non-hydrogen) atoms. The summed E-state index contributed by atoms with van der Waals surface area (Å²) < 4.78 is 5.92. The Morgan fingerprint density at radius 1 is 1.36 bits per heavy atom. The molecule has 5 rings (SSSR count). The number of rotatable bonds is 1. The number of fused-ring (bicyclic) bond motifs is 7. The molecule has 0 amide bonds. The van der Waals surface area contributed by atoms with Crippen LogP contribution in [0.15, 0.2) is 23.8 Å². The van der Waals surface area contributed by atoms with Gasteiger partial charge in [0, 0.05) is 16.7 Å². The molecule has 4 aliphatic carbocycles. The van der Waals surface area contributed by atoms with Crippen molar-refractivity contribution in [1.29, 1.82) is 0 Å². The van der Waals surface area contributed by atoms with E-state index in [2.05, 4.69) is 13.8 Å². The molecular weight excluding hydrogens is 316 g/mol. The van der Waals surface area contributed by atoms with E-state index in [1.807, 2.05) is 6.08 Å². The standard InChI is InChI=1S/C21H26O4/c1-11(22)21-17(25-21)9-15-14-5-4-12-8-13(23)6-7-19(12,2)18(14)16(24)10-20(15,21)3/h6-8,14-18,24H,4-5,9-10H2,1-3H3/t14-,15-,16+,17+,18+,19-,20-,21+/m1/s1. The first-order valence-corrected chi connectivity index (χ1v) is 9.55. The Labute approximate surface area is 148 Å². The average molecular weight is 342 g/mol. The monoisotopic (exact) mass is 342 g/mol. The predicted octanol–water partition coefficient (Wildman–Crippen LogP) is 2.60. The molecule has 1 saturated heterocycles. The molecule has 4 heteroatoms. The lowest BCUT2D eigenvalue weighted by Crippen LogP contribution is -2.59. The Kier molecular flexibility index (Phi) is 2.89. The Hall–Kier alpha value is -1.26. The highest BCUT2D eigenvalue weighted by Crippen LogP contribution is 2.73. The van der Waals surface area contributed by atoms with Crippen molar-refractivity contribution in [3.63, 3.8) is 0 Å². The number of Topliss-reactive ketones (excluding diaryl/α,β-unsaturated/α-hetero) is 1. The molecule has 0 radical (unpaired) electrons. The zero-order valence-electron chi connectivity index (χ0n) is 15.1. The summed E-state index contributed by atoms with van der Waals surface area (Å²) in [4.78, 5) is 24.2. The van der Waals surface area contributed by atoms with Gasteiger partial charge in [-0.15, -0.1) is 0 Å². The quantitative estimate of drug-likeness (QED) is 0.744. The van der Waals surface area contributed by atoms with Crippen LogP contribution < -0.4 is 0 Å². The second kappa shape index (κ2) is 4.52. The van der Waals surface area contributed by atoms with E-state index in [0.717, 1.165) is 19.3 Å². The van der Waals surface area contributed by atoms with E-state index in [9.17, 15) is 14.7 Å². The molecule has 8 atom stereocenters. The molecule has 0 aromatic rings. The number of hydrogen-bond acceptors (Lipinski definition) is 4. The highest BCUT2D eigenvalue weighted by Gasteiger charge is 2.80. The minimum atomic E-state index is -0.654. The van der Waals surface area contributed by atoms with Crippen LogP contribution in [0.2, 0.25) is 0 Å². The van der Waals surface area contributed by atoms with Crippen molar-refractivity contribution < 1.29 is 19.4 Å². The third-order valence-corrected chi connectivity index (χ3v) is 8.45. The predicted molar refractivity (Wildman–Crippen MR) is 91.7 cm³/mol. The van der Waals surface area contributed by atoms with Crippen LogP contribution in [0, 0.1) is 28.6 Å². The van der Waals surface area contributed by atoms with Crippen LogP contribution in [0.4, 0.5) is 0 Å². The van der Waals surface area contributed by atoms with Crippen molar-refractivity contribution in [1.82, 2.24) is 0 Å². The summed E-state index contributed by atoms with van der Waals surface area (Å²) in [5.41, 5.74) is 0.00769. The Morgan fingerprint density at radius 2 is 2.12 bits per heavy atom. The van der Waals surface area contributed by atoms with Gasteiger partial charge in [0.05, 0.1) is 12.2 Å². The minimum Gasteiger partial charge on any atom is -0.393 e. The molecule has 5 aliphatic rings. The van der Waals surface area contributed by atoms with Crippen LogP contribution in [-0.2, 0) is 14.3 Å². The van der Waals surface area contributed by atoms with E-state index < -0.39 is 11.7 Å². The van der Waals surface area contributed by atoms with Crippen LogP contribution >= 0.6 is 0 Å². The van der Waals surface area contributed by atoms with Gasteiger partial charge >= 0.3 is 0 Å². The van der Waals surface area contributed by atoms with Crippen LogP contribution in [0.1, 0.15) is 46.5 Å². The maximum absolute atomic E-state index is 12.4. The van der Waals surface area contributed by atoms with E-state index in [1.54, 1.807) is 19.1 Å². The normalized spacial score (nSPS) is 55.6. The fourth-order valence-corrected chi connectivity index (χ4v) is 7.38. The van der Waals surface area contributed by atoms with Gasteiger partial charge in [-0.3, -0.25) is 9.59 Å². The van der Waals surface area contributed by atoms with Crippen LogP contribution in [0.25, 0.3) is 0 Å². The van der Waals surface area contributed by atoms with Gasteiger partial charge in [-0.2, -0.15) is 0 Å². The van der Waals surface area contributed by atoms with Crippen molar-refractivity contribution in [3.8, 4) is 0 Å². The summed E-state index contributed by atoms with van der Waals surface area (Å²) in [7, 11) is 0. The van der Waals surface area contributed by atoms with Crippen molar-refractivity contribution in [2.75, 3.05) is 0 Å². The SMILES string of the molecule is CC(=O)[C@]12O[C@H]1C[C@@H]1[C@H]3CCC4=CC(=O)C=C[C@@]4(C)[C@@H]3[C@@H](O)C[C@]12C. The number of ether oxygens (including phenoxy) is 1. The third kappa shape index (κ3) is 1.66. The summed E-state index contributed by atoms with van der Waals surface area (Å²) in [6.07, 6.45) is 8.48. The van der Waals surface area contributed by atoms with E-state index in [1.165, 1.54) is 5.57 Å². The number of hydrogen-bond donors (Lipinski definition) is 1. The highest BCUT2D eigenvalue weighted by molar-refractivity contribution is 6.01. The van der Waals surface area contributed by atoms with Gasteiger partial charge < -0.3 is 9.84 Å². The molecule has 0 aromatic carbocycles. The van der Waals surface area contributed by atoms with Crippen molar-refractivity contribution in [2.45, 2.75) is 64.3 Å². The summed E-state index contributed by atoms with van der Waals surface area (Å²) in [5, 5.41) is 11.2. The minimum absolute atomic E-state index is 0.0409. The second-order valence-corrected chi connectivity index (χ2v) is 9.35. The Balaban J connectivity index is 1.57. The lowest BCUT2D eigenvalue weighted by atomic mass is 9.46. The number of ketones is 2. The van der Waals surface area contributed by atoms with Gasteiger partial charge in [0.1, 0.15) is 0 Å². The molecule has 0 unspecified atom stereocenters. The summed E-state index contributed by atoms with van der Waals surface area (Å²) in [6.45, 7) is 5.99. The lowest BCUT2D eigenvalue weighted by molar-refractivity contribution is -0.152. The fourth-order valence-electron chi connectivity index (χ4n) is 7.38. The first kappa shape index (κ1) is 16.0. The van der Waals surface area contributed by atoms with Crippen molar-refractivity contribution in [3.05, 3.63) is 23.8 Å². The van der Waals surface area contributed by atoms with Crippen LogP contribution in [-0.4, -0.2) is 34.5 Å². The van der Waals surface area contributed by atoms with Gasteiger partial charge in [-0.05, 0) is 56.6 Å². The molecule has 0 bridgehead atoms. The maximum Gasteiger partial charge on any atom is 0.178 e. The first-order valence-electron chi connectivity index (χ1n) is 9.55. The molecular formula is C21H26O4. The largest absolute Gasteiger partial charge is 0.393 e. The Morgan fingerprint density at radius 3 is 2.84 bits per heavy atom. The average Bonchev–Trinajstić information content (AvgIpc) is 3.22. The molecule has 3 saturated carbocycles. The number of allylic oxidation sites excluding steroid dienone is 4. The smallest absolute Gasteiger partial charge is 0.178 e. The molecule has 0 aromatic heterocycles. The van der Waals surface area contributed by atoms with Crippen LogP contribution in [0.5, 0.6) is 0 Å². The van der Waals surface area contributed by atoms with Crippen LogP contribution in [0.3, 0.4) is 0 Å². The number of aliphatic hydroxyl groups is 1. The molecule has 1 aliphatic heterocycles. The second-order valence-electron chi connectivity index (χ2n) is 9.35. The topological polar surface area (TPSA) is 66.9 Å². The molecule has 4 fully saturated rings. The molecule has 1 N–H and O–H groups in total. The number of carbonyl (C=O) groups excluding carboxylic acids is 2. The zero-order valence-corrected chi connectivity index (χ0v) is 15.1. The van der Waals surface area contributed by atoms with Gasteiger partial charge in [-0.1, -0.05) is 25.5 Å². The summed E-state index contributed by atoms with van der Waals surface area (Å²) >= 11 is 0. The van der Waals surface area contributed by atoms with Crippen molar-refractivity contribution >= 4 is 11.6 Å². The molecule has 134 valence electrons. The Bertz CT molecular complexity index is 751. The first-order chi connectivity index (χ1) is 11.7. The van der Waals surface area contributed by atoms with Gasteiger partial charge in [0.15, 0.2) is 17.2 Å². The zero-order chi connectivity index (χ0) is 17.8.